The van der Waals surface area contributed by atoms with E-state index in [4.69, 9.17) is 0 Å². The Hall–Kier alpha value is -5.88. The molecule has 6 heteroatoms. The monoisotopic (exact) mass is 643 g/mol. The maximum absolute atomic E-state index is 4.16. The Labute approximate surface area is 289 Å². The molecule has 1 aromatic carbocycles. The molecule has 0 saturated carbocycles. The minimum absolute atomic E-state index is 0.794. The smallest absolute Gasteiger partial charge is 0.173 e. The number of hydrogen-bond donors (Lipinski definition) is 0. The molecule has 49 heavy (non-hydrogen) atoms. The summed E-state index contributed by atoms with van der Waals surface area (Å²) in [6.45, 7) is 8.66. The van der Waals surface area contributed by atoms with Crippen LogP contribution in [-0.4, -0.2) is 4.98 Å². The molecule has 0 bridgehead atoms. The van der Waals surface area contributed by atoms with Crippen molar-refractivity contribution in [2.24, 2.45) is 0 Å². The zero-order valence-corrected chi connectivity index (χ0v) is 28.3. The van der Waals surface area contributed by atoms with Crippen molar-refractivity contribution in [2.75, 3.05) is 0 Å². The summed E-state index contributed by atoms with van der Waals surface area (Å²) in [6.07, 6.45) is 25.3. The minimum atomic E-state index is 0.794. The predicted molar refractivity (Wildman–Crippen MR) is 189 cm³/mol. The fourth-order valence-corrected chi connectivity index (χ4v) is 6.28. The SMILES string of the molecule is CC[n+]1ccc(-c2cc[n+](Cc3cc(C[n+]4ccc(-c5ccncc5)cc4)cc(C[n+]4ccc(-c5cc[n+](CC)cc5)cc4)c3)cc2)cc1. The van der Waals surface area contributed by atoms with Crippen molar-refractivity contribution in [1.29, 1.82) is 0 Å². The molecular weight excluding hydrogens is 601 g/mol. The first-order valence-electron chi connectivity index (χ1n) is 17.1. The van der Waals surface area contributed by atoms with Gasteiger partial charge >= 0.3 is 0 Å². The van der Waals surface area contributed by atoms with Gasteiger partial charge in [-0.05, 0) is 77.6 Å². The van der Waals surface area contributed by atoms with E-state index in [-0.39, 0.29) is 0 Å². The molecule has 0 radical (unpaired) electrons. The average molecular weight is 644 g/mol. The number of nitrogens with zero attached hydrogens (tertiary/aromatic N) is 6. The quantitative estimate of drug-likeness (QED) is 0.167. The Balaban J connectivity index is 1.13. The van der Waals surface area contributed by atoms with E-state index in [1.807, 2.05) is 24.5 Å². The zero-order chi connectivity index (χ0) is 33.4. The first-order valence-corrected chi connectivity index (χ1v) is 17.1. The van der Waals surface area contributed by atoms with Crippen LogP contribution in [0, 0.1) is 0 Å². The number of rotatable bonds is 11. The topological polar surface area (TPSA) is 32.3 Å². The van der Waals surface area contributed by atoms with Crippen molar-refractivity contribution >= 4 is 0 Å². The third-order valence-electron chi connectivity index (χ3n) is 9.07. The van der Waals surface area contributed by atoms with Gasteiger partial charge in [-0.3, -0.25) is 4.98 Å². The van der Waals surface area contributed by atoms with Crippen molar-refractivity contribution in [3.05, 3.63) is 182 Å². The second-order valence-electron chi connectivity index (χ2n) is 12.5. The first-order chi connectivity index (χ1) is 24.1. The summed E-state index contributed by atoms with van der Waals surface area (Å²) >= 11 is 0. The maximum Gasteiger partial charge on any atom is 0.173 e. The molecule has 0 spiro atoms. The molecule has 240 valence electrons. The van der Waals surface area contributed by atoms with E-state index >= 15 is 0 Å². The second kappa shape index (κ2) is 14.9. The van der Waals surface area contributed by atoms with Crippen LogP contribution in [-0.2, 0) is 32.7 Å². The number of aryl methyl sites for hydroxylation is 2. The van der Waals surface area contributed by atoms with Gasteiger partial charge in [-0.15, -0.1) is 0 Å². The summed E-state index contributed by atoms with van der Waals surface area (Å²) in [6, 6.07) is 33.1. The van der Waals surface area contributed by atoms with Crippen LogP contribution in [0.1, 0.15) is 30.5 Å². The molecule has 0 fully saturated rings. The largest absolute Gasteiger partial charge is 0.265 e. The van der Waals surface area contributed by atoms with Crippen LogP contribution in [0.3, 0.4) is 0 Å². The highest BCUT2D eigenvalue weighted by atomic mass is 14.9. The highest BCUT2D eigenvalue weighted by Gasteiger charge is 2.14. The minimum Gasteiger partial charge on any atom is -0.265 e. The van der Waals surface area contributed by atoms with Crippen LogP contribution in [0.25, 0.3) is 33.4 Å². The lowest BCUT2D eigenvalue weighted by Crippen LogP contribution is -2.36. The highest BCUT2D eigenvalue weighted by molar-refractivity contribution is 5.62. The zero-order valence-electron chi connectivity index (χ0n) is 28.3. The van der Waals surface area contributed by atoms with Gasteiger partial charge in [-0.2, -0.15) is 0 Å². The van der Waals surface area contributed by atoms with E-state index in [2.05, 4.69) is 182 Å². The van der Waals surface area contributed by atoms with E-state index < -0.39 is 0 Å². The molecule has 0 amide bonds. The molecule has 0 aliphatic carbocycles. The van der Waals surface area contributed by atoms with Crippen molar-refractivity contribution in [3.63, 3.8) is 0 Å². The van der Waals surface area contributed by atoms with E-state index in [1.165, 1.54) is 50.1 Å². The van der Waals surface area contributed by atoms with Crippen molar-refractivity contribution in [1.82, 2.24) is 4.98 Å². The van der Waals surface area contributed by atoms with Crippen LogP contribution >= 0.6 is 0 Å². The standard InChI is InChI=1S/C43H43N6/c1-3-45-19-7-40(8-20-45)42-13-25-48(26-14-42)33-36-29-35(32-47-23-11-39(12-24-47)38-5-17-44-18-6-38)30-37(31-36)34-49-27-15-43(16-28-49)41-9-21-46(4-2)22-10-41/h5-31H,3-4,32-34H2,1-2H3/q+5. The van der Waals surface area contributed by atoms with E-state index in [1.54, 1.807) is 0 Å². The van der Waals surface area contributed by atoms with Crippen molar-refractivity contribution in [3.8, 4) is 33.4 Å². The van der Waals surface area contributed by atoms with Gasteiger partial charge in [0.15, 0.2) is 81.6 Å². The average Bonchev–Trinajstić information content (AvgIpc) is 3.16. The molecule has 6 heterocycles. The lowest BCUT2D eigenvalue weighted by Gasteiger charge is -2.07. The van der Waals surface area contributed by atoms with Crippen molar-refractivity contribution < 1.29 is 22.8 Å². The maximum atomic E-state index is 4.16. The normalized spacial score (nSPS) is 11.1. The Morgan fingerprint density at radius 3 is 0.857 bits per heavy atom. The van der Waals surface area contributed by atoms with Crippen LogP contribution in [0.15, 0.2) is 165 Å². The number of aromatic nitrogens is 6. The molecule has 0 aliphatic rings. The van der Waals surface area contributed by atoms with Gasteiger partial charge < -0.3 is 0 Å². The molecule has 0 saturated heterocycles. The Morgan fingerprint density at radius 2 is 0.592 bits per heavy atom. The first kappa shape index (κ1) is 31.7. The van der Waals surface area contributed by atoms with Gasteiger partial charge in [-0.25, -0.2) is 22.8 Å². The molecular formula is C43H43N6+5. The summed E-state index contributed by atoms with van der Waals surface area (Å²) in [4.78, 5) is 4.16. The molecule has 6 aromatic heterocycles. The van der Waals surface area contributed by atoms with Crippen LogP contribution in [0.4, 0.5) is 0 Å². The fourth-order valence-electron chi connectivity index (χ4n) is 6.28. The summed E-state index contributed by atoms with van der Waals surface area (Å²) in [7, 11) is 0. The molecule has 0 aliphatic heterocycles. The molecule has 0 unspecified atom stereocenters. The molecule has 0 atom stereocenters. The number of pyridine rings is 6. The van der Waals surface area contributed by atoms with Gasteiger partial charge in [0.05, 0.1) is 0 Å². The van der Waals surface area contributed by atoms with Gasteiger partial charge in [0.2, 0.25) is 0 Å². The Kier molecular flexibility index (Phi) is 9.65. The predicted octanol–water partition coefficient (Wildman–Crippen LogP) is 5.70. The van der Waals surface area contributed by atoms with E-state index in [0.717, 1.165) is 32.7 Å². The molecule has 6 nitrogen and oxygen atoms in total. The van der Waals surface area contributed by atoms with E-state index in [9.17, 15) is 0 Å². The van der Waals surface area contributed by atoms with E-state index in [0.29, 0.717) is 0 Å². The van der Waals surface area contributed by atoms with Crippen molar-refractivity contribution in [2.45, 2.75) is 46.6 Å². The molecule has 7 rings (SSSR count). The third-order valence-corrected chi connectivity index (χ3v) is 9.07. The second-order valence-corrected chi connectivity index (χ2v) is 12.5. The lowest BCUT2D eigenvalue weighted by atomic mass is 10.0. The number of hydrogen-bond acceptors (Lipinski definition) is 1. The van der Waals surface area contributed by atoms with Crippen LogP contribution in [0.5, 0.6) is 0 Å². The Morgan fingerprint density at radius 1 is 0.347 bits per heavy atom. The van der Waals surface area contributed by atoms with Crippen LogP contribution in [0.2, 0.25) is 0 Å². The summed E-state index contributed by atoms with van der Waals surface area (Å²) in [5.74, 6) is 0. The summed E-state index contributed by atoms with van der Waals surface area (Å²) in [5, 5.41) is 0. The van der Waals surface area contributed by atoms with Gasteiger partial charge in [0.25, 0.3) is 0 Å². The van der Waals surface area contributed by atoms with Gasteiger partial charge in [-0.1, -0.05) is 0 Å². The molecule has 0 N–H and O–H groups in total. The Bertz CT molecular complexity index is 2000. The van der Waals surface area contributed by atoms with Gasteiger partial charge in [0.1, 0.15) is 13.1 Å². The van der Waals surface area contributed by atoms with Gasteiger partial charge in [0, 0.05) is 89.7 Å². The van der Waals surface area contributed by atoms with Crippen LogP contribution < -0.4 is 22.8 Å². The highest BCUT2D eigenvalue weighted by Crippen LogP contribution is 2.19. The summed E-state index contributed by atoms with van der Waals surface area (Å²) < 4.78 is 11.1. The lowest BCUT2D eigenvalue weighted by molar-refractivity contribution is -0.693. The summed E-state index contributed by atoms with van der Waals surface area (Å²) in [5.41, 5.74) is 11.1. The number of benzene rings is 1. The fraction of sp³-hybridized carbons (Fsp3) is 0.163. The molecule has 7 aromatic rings. The third kappa shape index (κ3) is 7.99.